The van der Waals surface area contributed by atoms with Crippen LogP contribution in [0.15, 0.2) is 12.2 Å². The Labute approximate surface area is 139 Å². The van der Waals surface area contributed by atoms with E-state index in [-0.39, 0.29) is 0 Å². The number of ether oxygens (including phenoxy) is 1. The standard InChI is InChI=1S/C21H39O/c1-2-3-4-5-6-7-8-9-10-11-12-13-14-15-16-17-18-19-21-20-22-21/h9-10,18,21H,2-8,11-17,19-20H2,1H3/b10-9-. The summed E-state index contributed by atoms with van der Waals surface area (Å²) in [6.45, 7) is 3.29. The number of hydrogen-bond donors (Lipinski definition) is 0. The smallest absolute Gasteiger partial charge is 0.0812 e. The van der Waals surface area contributed by atoms with Gasteiger partial charge in [0.05, 0.1) is 12.7 Å². The average molecular weight is 308 g/mol. The second-order valence-corrected chi connectivity index (χ2v) is 6.85. The molecular weight excluding hydrogens is 268 g/mol. The van der Waals surface area contributed by atoms with Gasteiger partial charge in [-0.25, -0.2) is 0 Å². The lowest BCUT2D eigenvalue weighted by Gasteiger charge is -2.00. The van der Waals surface area contributed by atoms with Crippen LogP contribution in [0, 0.1) is 6.42 Å². The molecule has 1 unspecified atom stereocenters. The molecule has 0 saturated carbocycles. The summed E-state index contributed by atoms with van der Waals surface area (Å²) < 4.78 is 5.20. The molecule has 0 aliphatic carbocycles. The van der Waals surface area contributed by atoms with Gasteiger partial charge in [-0.2, -0.15) is 0 Å². The molecule has 0 aromatic heterocycles. The summed E-state index contributed by atoms with van der Waals surface area (Å²) in [6.07, 6.45) is 28.3. The maximum Gasteiger partial charge on any atom is 0.0812 e. The molecule has 1 atom stereocenters. The SMILES string of the molecule is CCCCCCCC/C=C\CCCCCCC[CH]CC1CO1. The molecule has 1 fully saturated rings. The summed E-state index contributed by atoms with van der Waals surface area (Å²) in [5.41, 5.74) is 0. The Morgan fingerprint density at radius 2 is 1.23 bits per heavy atom. The first-order valence-electron chi connectivity index (χ1n) is 10.0. The fraction of sp³-hybridized carbons (Fsp3) is 0.857. The molecule has 1 saturated heterocycles. The molecule has 22 heavy (non-hydrogen) atoms. The Balaban J connectivity index is 1.65. The Bertz CT molecular complexity index is 242. The van der Waals surface area contributed by atoms with Gasteiger partial charge >= 0.3 is 0 Å². The number of hydrogen-bond acceptors (Lipinski definition) is 1. The van der Waals surface area contributed by atoms with E-state index < -0.39 is 0 Å². The van der Waals surface area contributed by atoms with Gasteiger partial charge in [-0.05, 0) is 38.5 Å². The van der Waals surface area contributed by atoms with Gasteiger partial charge in [-0.15, -0.1) is 0 Å². The van der Waals surface area contributed by atoms with Crippen LogP contribution in [0.3, 0.4) is 0 Å². The van der Waals surface area contributed by atoms with Crippen LogP contribution in [0.2, 0.25) is 0 Å². The first-order valence-corrected chi connectivity index (χ1v) is 10.0. The Morgan fingerprint density at radius 3 is 1.77 bits per heavy atom. The van der Waals surface area contributed by atoms with Gasteiger partial charge in [-0.3, -0.25) is 0 Å². The number of unbranched alkanes of at least 4 members (excludes halogenated alkanes) is 13. The number of rotatable bonds is 17. The normalized spacial score (nSPS) is 17.4. The fourth-order valence-electron chi connectivity index (χ4n) is 2.87. The molecule has 0 N–H and O–H groups in total. The largest absolute Gasteiger partial charge is 0.373 e. The molecule has 1 radical (unpaired) electrons. The molecule has 0 aromatic rings. The van der Waals surface area contributed by atoms with Crippen LogP contribution >= 0.6 is 0 Å². The molecule has 1 rings (SSSR count). The number of epoxide rings is 1. The zero-order chi connectivity index (χ0) is 15.7. The fourth-order valence-corrected chi connectivity index (χ4v) is 2.87. The van der Waals surface area contributed by atoms with E-state index in [0.29, 0.717) is 6.10 Å². The predicted octanol–water partition coefficient (Wildman–Crippen LogP) is 7.02. The summed E-state index contributed by atoms with van der Waals surface area (Å²) in [5, 5.41) is 0. The van der Waals surface area contributed by atoms with Gasteiger partial charge in [-0.1, -0.05) is 83.3 Å². The van der Waals surface area contributed by atoms with Gasteiger partial charge in [0.15, 0.2) is 0 Å². The highest BCUT2D eigenvalue weighted by molar-refractivity contribution is 4.81. The Hall–Kier alpha value is -0.300. The highest BCUT2D eigenvalue weighted by Gasteiger charge is 2.20. The summed E-state index contributed by atoms with van der Waals surface area (Å²) >= 11 is 0. The molecular formula is C21H39O. The number of allylic oxidation sites excluding steroid dienone is 2. The van der Waals surface area contributed by atoms with E-state index in [1.807, 2.05) is 0 Å². The maximum atomic E-state index is 5.20. The van der Waals surface area contributed by atoms with Crippen LogP contribution in [-0.2, 0) is 4.74 Å². The first kappa shape index (κ1) is 19.7. The van der Waals surface area contributed by atoms with Crippen LogP contribution in [0.25, 0.3) is 0 Å². The quantitative estimate of drug-likeness (QED) is 0.160. The summed E-state index contributed by atoms with van der Waals surface area (Å²) in [7, 11) is 0. The van der Waals surface area contributed by atoms with Crippen LogP contribution in [-0.4, -0.2) is 12.7 Å². The second-order valence-electron chi connectivity index (χ2n) is 6.85. The lowest BCUT2D eigenvalue weighted by molar-refractivity contribution is 0.403. The van der Waals surface area contributed by atoms with E-state index in [2.05, 4.69) is 25.5 Å². The van der Waals surface area contributed by atoms with Gasteiger partial charge in [0.1, 0.15) is 0 Å². The van der Waals surface area contributed by atoms with Crippen molar-refractivity contribution >= 4 is 0 Å². The molecule has 0 aromatic carbocycles. The lowest BCUT2D eigenvalue weighted by atomic mass is 10.1. The second kappa shape index (κ2) is 15.6. The molecule has 1 heteroatoms. The van der Waals surface area contributed by atoms with Gasteiger partial charge in [0.25, 0.3) is 0 Å². The zero-order valence-electron chi connectivity index (χ0n) is 15.0. The van der Waals surface area contributed by atoms with E-state index >= 15 is 0 Å². The van der Waals surface area contributed by atoms with Crippen molar-refractivity contribution in [2.75, 3.05) is 6.61 Å². The van der Waals surface area contributed by atoms with Crippen LogP contribution in [0.1, 0.15) is 103 Å². The van der Waals surface area contributed by atoms with E-state index in [1.54, 1.807) is 0 Å². The zero-order valence-corrected chi connectivity index (χ0v) is 15.0. The monoisotopic (exact) mass is 307 g/mol. The topological polar surface area (TPSA) is 12.5 Å². The van der Waals surface area contributed by atoms with Crippen LogP contribution < -0.4 is 0 Å². The van der Waals surface area contributed by atoms with Crippen molar-refractivity contribution in [1.82, 2.24) is 0 Å². The molecule has 1 aliphatic rings. The van der Waals surface area contributed by atoms with E-state index in [9.17, 15) is 0 Å². The van der Waals surface area contributed by atoms with E-state index in [1.165, 1.54) is 96.3 Å². The molecule has 1 nitrogen and oxygen atoms in total. The summed E-state index contributed by atoms with van der Waals surface area (Å²) in [6, 6.07) is 0. The summed E-state index contributed by atoms with van der Waals surface area (Å²) in [5.74, 6) is 0. The predicted molar refractivity (Wildman–Crippen MR) is 98.1 cm³/mol. The van der Waals surface area contributed by atoms with E-state index in [4.69, 9.17) is 4.74 Å². The third kappa shape index (κ3) is 14.6. The van der Waals surface area contributed by atoms with Crippen molar-refractivity contribution in [3.05, 3.63) is 18.6 Å². The first-order chi connectivity index (χ1) is 10.9. The minimum atomic E-state index is 0.586. The molecule has 0 bridgehead atoms. The molecule has 0 amide bonds. The van der Waals surface area contributed by atoms with Gasteiger partial charge < -0.3 is 4.74 Å². The van der Waals surface area contributed by atoms with Crippen molar-refractivity contribution in [1.29, 1.82) is 0 Å². The van der Waals surface area contributed by atoms with E-state index in [0.717, 1.165) is 6.61 Å². The Kier molecular flexibility index (Phi) is 14.0. The minimum Gasteiger partial charge on any atom is -0.373 e. The molecule has 1 heterocycles. The average Bonchev–Trinajstić information content (AvgIpc) is 3.34. The third-order valence-corrected chi connectivity index (χ3v) is 4.50. The van der Waals surface area contributed by atoms with Crippen LogP contribution in [0.5, 0.6) is 0 Å². The van der Waals surface area contributed by atoms with Crippen molar-refractivity contribution in [2.45, 2.75) is 109 Å². The highest BCUT2D eigenvalue weighted by Crippen LogP contribution is 2.17. The molecule has 0 spiro atoms. The minimum absolute atomic E-state index is 0.586. The molecule has 129 valence electrons. The Morgan fingerprint density at radius 1 is 0.727 bits per heavy atom. The lowest BCUT2D eigenvalue weighted by Crippen LogP contribution is -1.86. The van der Waals surface area contributed by atoms with Crippen molar-refractivity contribution < 1.29 is 4.74 Å². The molecule has 1 aliphatic heterocycles. The highest BCUT2D eigenvalue weighted by atomic mass is 16.6. The van der Waals surface area contributed by atoms with Gasteiger partial charge in [0, 0.05) is 0 Å². The van der Waals surface area contributed by atoms with Crippen molar-refractivity contribution in [2.24, 2.45) is 0 Å². The van der Waals surface area contributed by atoms with Gasteiger partial charge in [0.2, 0.25) is 0 Å². The van der Waals surface area contributed by atoms with Crippen LogP contribution in [0.4, 0.5) is 0 Å². The van der Waals surface area contributed by atoms with Crippen molar-refractivity contribution in [3.63, 3.8) is 0 Å². The van der Waals surface area contributed by atoms with Crippen molar-refractivity contribution in [3.8, 4) is 0 Å². The summed E-state index contributed by atoms with van der Waals surface area (Å²) in [4.78, 5) is 0. The maximum absolute atomic E-state index is 5.20. The third-order valence-electron chi connectivity index (χ3n) is 4.50.